The molecule has 0 spiro atoms. The maximum Gasteiger partial charge on any atom is 0.233 e. The number of carbonyl (C=O) groups excluding carboxylic acids is 1. The molecular formula is C17H24N2O. The van der Waals surface area contributed by atoms with Crippen molar-refractivity contribution in [1.29, 1.82) is 0 Å². The van der Waals surface area contributed by atoms with Gasteiger partial charge in [0.25, 0.3) is 0 Å². The fourth-order valence-electron chi connectivity index (χ4n) is 3.53. The van der Waals surface area contributed by atoms with Gasteiger partial charge in [0.15, 0.2) is 0 Å². The van der Waals surface area contributed by atoms with Crippen molar-refractivity contribution in [2.75, 3.05) is 19.6 Å². The average molecular weight is 272 g/mol. The first-order chi connectivity index (χ1) is 9.56. The molecule has 108 valence electrons. The van der Waals surface area contributed by atoms with Crippen LogP contribution >= 0.6 is 0 Å². The summed E-state index contributed by atoms with van der Waals surface area (Å²) in [6.45, 7) is 6.92. The van der Waals surface area contributed by atoms with Gasteiger partial charge >= 0.3 is 0 Å². The van der Waals surface area contributed by atoms with Crippen LogP contribution in [0.1, 0.15) is 38.7 Å². The highest BCUT2D eigenvalue weighted by Crippen LogP contribution is 2.46. The van der Waals surface area contributed by atoms with E-state index >= 15 is 0 Å². The molecule has 1 N–H and O–H groups in total. The predicted molar refractivity (Wildman–Crippen MR) is 80.6 cm³/mol. The Balaban J connectivity index is 1.92. The third-order valence-electron chi connectivity index (χ3n) is 4.99. The van der Waals surface area contributed by atoms with E-state index in [2.05, 4.69) is 36.2 Å². The summed E-state index contributed by atoms with van der Waals surface area (Å²) in [5.41, 5.74) is 0.855. The van der Waals surface area contributed by atoms with Gasteiger partial charge in [-0.3, -0.25) is 4.79 Å². The summed E-state index contributed by atoms with van der Waals surface area (Å²) < 4.78 is 0. The average Bonchev–Trinajstić information content (AvgIpc) is 2.38. The van der Waals surface area contributed by atoms with Gasteiger partial charge in [0.1, 0.15) is 0 Å². The van der Waals surface area contributed by atoms with E-state index in [1.54, 1.807) is 0 Å². The van der Waals surface area contributed by atoms with Crippen LogP contribution in [-0.2, 0) is 10.2 Å². The zero-order chi connectivity index (χ0) is 14.2. The molecule has 1 aromatic carbocycles. The lowest BCUT2D eigenvalue weighted by molar-refractivity contribution is -0.147. The number of hydrogen-bond acceptors (Lipinski definition) is 2. The maximum atomic E-state index is 13.2. The molecule has 3 rings (SSSR count). The lowest BCUT2D eigenvalue weighted by Crippen LogP contribution is -2.64. The Labute approximate surface area is 121 Å². The highest BCUT2D eigenvalue weighted by Gasteiger charge is 2.50. The van der Waals surface area contributed by atoms with Crippen LogP contribution in [0.4, 0.5) is 0 Å². The number of amides is 1. The topological polar surface area (TPSA) is 32.3 Å². The molecule has 2 fully saturated rings. The van der Waals surface area contributed by atoms with Crippen molar-refractivity contribution in [2.24, 2.45) is 0 Å². The molecule has 1 aliphatic carbocycles. The largest absolute Gasteiger partial charge is 0.334 e. The number of rotatable bonds is 2. The number of nitrogens with one attached hydrogen (secondary N) is 1. The quantitative estimate of drug-likeness (QED) is 0.896. The summed E-state index contributed by atoms with van der Waals surface area (Å²) >= 11 is 0. The van der Waals surface area contributed by atoms with E-state index in [0.717, 1.165) is 38.9 Å². The van der Waals surface area contributed by atoms with Crippen LogP contribution < -0.4 is 5.32 Å². The molecule has 0 unspecified atom stereocenters. The summed E-state index contributed by atoms with van der Waals surface area (Å²) in [5.74, 6) is 0.335. The van der Waals surface area contributed by atoms with Crippen molar-refractivity contribution in [1.82, 2.24) is 10.2 Å². The Morgan fingerprint density at radius 3 is 2.45 bits per heavy atom. The van der Waals surface area contributed by atoms with Gasteiger partial charge in [-0.2, -0.15) is 0 Å². The van der Waals surface area contributed by atoms with Crippen molar-refractivity contribution in [3.63, 3.8) is 0 Å². The summed E-state index contributed by atoms with van der Waals surface area (Å²) in [7, 11) is 0. The molecule has 2 aliphatic rings. The summed E-state index contributed by atoms with van der Waals surface area (Å²) in [6, 6.07) is 10.4. The van der Waals surface area contributed by atoms with E-state index in [-0.39, 0.29) is 11.0 Å². The Bertz CT molecular complexity index is 491. The Hall–Kier alpha value is -1.35. The van der Waals surface area contributed by atoms with E-state index in [0.29, 0.717) is 5.91 Å². The Morgan fingerprint density at radius 1 is 1.20 bits per heavy atom. The van der Waals surface area contributed by atoms with E-state index in [4.69, 9.17) is 0 Å². The lowest BCUT2D eigenvalue weighted by atomic mass is 9.63. The molecule has 1 saturated carbocycles. The minimum Gasteiger partial charge on any atom is -0.334 e. The highest BCUT2D eigenvalue weighted by molar-refractivity contribution is 5.90. The van der Waals surface area contributed by atoms with Gasteiger partial charge < -0.3 is 10.2 Å². The van der Waals surface area contributed by atoms with Crippen LogP contribution in [-0.4, -0.2) is 36.0 Å². The SMILES string of the molecule is CC1(C)CNCCN1C(=O)C1(c2ccccc2)CCC1. The molecule has 3 nitrogen and oxygen atoms in total. The number of nitrogens with zero attached hydrogens (tertiary/aromatic N) is 1. The van der Waals surface area contributed by atoms with Gasteiger partial charge in [0.2, 0.25) is 5.91 Å². The van der Waals surface area contributed by atoms with Crippen LogP contribution in [0.5, 0.6) is 0 Å². The van der Waals surface area contributed by atoms with Crippen LogP contribution in [0.3, 0.4) is 0 Å². The number of carbonyl (C=O) groups is 1. The molecule has 1 heterocycles. The molecule has 0 atom stereocenters. The Kier molecular flexibility index (Phi) is 3.33. The van der Waals surface area contributed by atoms with Gasteiger partial charge in [-0.05, 0) is 32.3 Å². The molecule has 20 heavy (non-hydrogen) atoms. The molecule has 1 amide bonds. The first-order valence-electron chi connectivity index (χ1n) is 7.65. The van der Waals surface area contributed by atoms with Crippen molar-refractivity contribution in [3.05, 3.63) is 35.9 Å². The molecule has 1 aromatic rings. The second kappa shape index (κ2) is 4.88. The monoisotopic (exact) mass is 272 g/mol. The van der Waals surface area contributed by atoms with E-state index in [9.17, 15) is 4.79 Å². The molecular weight excluding hydrogens is 248 g/mol. The van der Waals surface area contributed by atoms with Crippen molar-refractivity contribution >= 4 is 5.91 Å². The molecule has 0 bridgehead atoms. The van der Waals surface area contributed by atoms with Gasteiger partial charge in [0, 0.05) is 25.2 Å². The third kappa shape index (κ3) is 2.05. The van der Waals surface area contributed by atoms with Crippen LogP contribution in [0.15, 0.2) is 30.3 Å². The highest BCUT2D eigenvalue weighted by atomic mass is 16.2. The normalized spacial score (nSPS) is 24.0. The lowest BCUT2D eigenvalue weighted by Gasteiger charge is -2.50. The van der Waals surface area contributed by atoms with Gasteiger partial charge in [-0.1, -0.05) is 36.8 Å². The van der Waals surface area contributed by atoms with Crippen molar-refractivity contribution in [3.8, 4) is 0 Å². The smallest absolute Gasteiger partial charge is 0.233 e. The molecule has 0 radical (unpaired) electrons. The molecule has 3 heteroatoms. The summed E-state index contributed by atoms with van der Waals surface area (Å²) in [5, 5.41) is 3.39. The molecule has 1 aliphatic heterocycles. The van der Waals surface area contributed by atoms with Crippen molar-refractivity contribution < 1.29 is 4.79 Å². The van der Waals surface area contributed by atoms with E-state index < -0.39 is 0 Å². The van der Waals surface area contributed by atoms with Gasteiger partial charge in [-0.25, -0.2) is 0 Å². The summed E-state index contributed by atoms with van der Waals surface area (Å²) in [4.78, 5) is 15.3. The van der Waals surface area contributed by atoms with Gasteiger partial charge in [-0.15, -0.1) is 0 Å². The zero-order valence-corrected chi connectivity index (χ0v) is 12.5. The minimum atomic E-state index is -0.254. The fraction of sp³-hybridized carbons (Fsp3) is 0.588. The fourth-order valence-corrected chi connectivity index (χ4v) is 3.53. The minimum absolute atomic E-state index is 0.0906. The number of piperazine rings is 1. The Morgan fingerprint density at radius 2 is 1.90 bits per heavy atom. The zero-order valence-electron chi connectivity index (χ0n) is 12.5. The van der Waals surface area contributed by atoms with Gasteiger partial charge in [0.05, 0.1) is 5.41 Å². The second-order valence-electron chi connectivity index (χ2n) is 6.75. The van der Waals surface area contributed by atoms with Crippen LogP contribution in [0, 0.1) is 0 Å². The maximum absolute atomic E-state index is 13.2. The predicted octanol–water partition coefficient (Wildman–Crippen LogP) is 2.32. The van der Waals surface area contributed by atoms with Crippen molar-refractivity contribution in [2.45, 2.75) is 44.1 Å². The second-order valence-corrected chi connectivity index (χ2v) is 6.75. The number of benzene rings is 1. The third-order valence-corrected chi connectivity index (χ3v) is 4.99. The van der Waals surface area contributed by atoms with E-state index in [1.165, 1.54) is 5.56 Å². The van der Waals surface area contributed by atoms with Crippen LogP contribution in [0.25, 0.3) is 0 Å². The summed E-state index contributed by atoms with van der Waals surface area (Å²) in [6.07, 6.45) is 3.15. The first kappa shape index (κ1) is 13.6. The van der Waals surface area contributed by atoms with Crippen LogP contribution in [0.2, 0.25) is 0 Å². The standard InChI is InChI=1S/C17H24N2O/c1-16(2)13-18-11-12-19(16)15(20)17(9-6-10-17)14-7-4-3-5-8-14/h3-5,7-8,18H,6,9-13H2,1-2H3. The number of hydrogen-bond donors (Lipinski definition) is 1. The first-order valence-corrected chi connectivity index (χ1v) is 7.65. The molecule has 0 aromatic heterocycles. The molecule has 1 saturated heterocycles. The van der Waals surface area contributed by atoms with E-state index in [1.807, 2.05) is 18.2 Å².